The monoisotopic (exact) mass is 293 g/mol. The summed E-state index contributed by atoms with van der Waals surface area (Å²) in [4.78, 5) is 6.98. The Bertz CT molecular complexity index is 796. The van der Waals surface area contributed by atoms with E-state index in [1.165, 1.54) is 18.3 Å². The molecule has 0 aliphatic heterocycles. The molecule has 0 unspecified atom stereocenters. The number of aromatic nitrogens is 2. The van der Waals surface area contributed by atoms with Gasteiger partial charge in [0.25, 0.3) is 0 Å². The van der Waals surface area contributed by atoms with Crippen LogP contribution in [0.5, 0.6) is 11.5 Å². The summed E-state index contributed by atoms with van der Waals surface area (Å²) in [7, 11) is 0. The van der Waals surface area contributed by atoms with E-state index in [9.17, 15) is 13.2 Å². The number of fused-ring (bicyclic) bond motifs is 1. The average molecular weight is 293 g/mol. The minimum atomic E-state index is -4.52. The van der Waals surface area contributed by atoms with Gasteiger partial charge >= 0.3 is 6.18 Å². The first-order valence-electron chi connectivity index (χ1n) is 6.02. The zero-order chi connectivity index (χ0) is 15.0. The Morgan fingerprint density at radius 3 is 2.71 bits per heavy atom. The molecule has 3 aromatic rings. The van der Waals surface area contributed by atoms with Gasteiger partial charge in [-0.05, 0) is 30.3 Å². The van der Waals surface area contributed by atoms with E-state index in [2.05, 4.69) is 9.97 Å². The summed E-state index contributed by atoms with van der Waals surface area (Å²) in [6, 6.07) is 6.77. The fraction of sp³-hybridized carbons (Fsp3) is 0.0714. The Hall–Kier alpha value is -2.70. The maximum absolute atomic E-state index is 12.8. The maximum atomic E-state index is 12.8. The van der Waals surface area contributed by atoms with Crippen molar-refractivity contribution >= 4 is 16.7 Å². The van der Waals surface area contributed by atoms with Gasteiger partial charge in [0.1, 0.15) is 17.1 Å². The molecule has 3 rings (SSSR count). The molecule has 0 radical (unpaired) electrons. The van der Waals surface area contributed by atoms with Crippen LogP contribution in [0.25, 0.3) is 11.0 Å². The normalized spacial score (nSPS) is 11.8. The number of anilines is 1. The molecule has 1 aromatic carbocycles. The lowest BCUT2D eigenvalue weighted by Crippen LogP contribution is -2.08. The number of hydrogen-bond acceptors (Lipinski definition) is 3. The molecule has 2 aromatic heterocycles. The van der Waals surface area contributed by atoms with E-state index in [0.29, 0.717) is 16.8 Å². The molecule has 3 N–H and O–H groups in total. The van der Waals surface area contributed by atoms with Crippen LogP contribution < -0.4 is 10.5 Å². The quantitative estimate of drug-likeness (QED) is 0.703. The summed E-state index contributed by atoms with van der Waals surface area (Å²) in [6.45, 7) is 0. The van der Waals surface area contributed by atoms with E-state index in [1.807, 2.05) is 0 Å². The van der Waals surface area contributed by atoms with Crippen molar-refractivity contribution in [2.24, 2.45) is 0 Å². The third-order valence-corrected chi connectivity index (χ3v) is 2.98. The first-order valence-corrected chi connectivity index (χ1v) is 6.02. The van der Waals surface area contributed by atoms with E-state index < -0.39 is 11.7 Å². The van der Waals surface area contributed by atoms with Crippen LogP contribution in [0.2, 0.25) is 0 Å². The van der Waals surface area contributed by atoms with Crippen molar-refractivity contribution in [2.45, 2.75) is 6.18 Å². The van der Waals surface area contributed by atoms with Crippen molar-refractivity contribution in [3.63, 3.8) is 0 Å². The zero-order valence-electron chi connectivity index (χ0n) is 10.6. The van der Waals surface area contributed by atoms with Gasteiger partial charge in [-0.25, -0.2) is 4.98 Å². The third-order valence-electron chi connectivity index (χ3n) is 2.98. The van der Waals surface area contributed by atoms with Crippen LogP contribution >= 0.6 is 0 Å². The number of alkyl halides is 3. The number of H-pyrrole nitrogens is 1. The molecule has 0 aliphatic carbocycles. The lowest BCUT2D eigenvalue weighted by Gasteiger charge is -2.12. The molecule has 2 heterocycles. The van der Waals surface area contributed by atoms with Crippen molar-refractivity contribution in [1.29, 1.82) is 0 Å². The van der Waals surface area contributed by atoms with E-state index >= 15 is 0 Å². The molecule has 0 amide bonds. The Morgan fingerprint density at radius 2 is 1.95 bits per heavy atom. The Labute approximate surface area is 117 Å². The van der Waals surface area contributed by atoms with Crippen molar-refractivity contribution in [3.8, 4) is 11.5 Å². The fourth-order valence-electron chi connectivity index (χ4n) is 2.00. The van der Waals surface area contributed by atoms with Gasteiger partial charge in [0.05, 0.1) is 10.9 Å². The van der Waals surface area contributed by atoms with Crippen molar-refractivity contribution in [1.82, 2.24) is 9.97 Å². The van der Waals surface area contributed by atoms with Gasteiger partial charge in [-0.2, -0.15) is 13.2 Å². The Kier molecular flexibility index (Phi) is 2.97. The highest BCUT2D eigenvalue weighted by Gasteiger charge is 2.33. The van der Waals surface area contributed by atoms with Crippen LogP contribution in [-0.2, 0) is 6.18 Å². The second-order valence-corrected chi connectivity index (χ2v) is 4.40. The van der Waals surface area contributed by atoms with E-state index in [0.717, 1.165) is 6.07 Å². The van der Waals surface area contributed by atoms with Gasteiger partial charge in [-0.15, -0.1) is 0 Å². The summed E-state index contributed by atoms with van der Waals surface area (Å²) < 4.78 is 44.0. The minimum Gasteiger partial charge on any atom is -0.457 e. The van der Waals surface area contributed by atoms with Crippen molar-refractivity contribution in [2.75, 3.05) is 5.73 Å². The number of nitrogen functional groups attached to an aromatic ring is 1. The number of nitrogens with zero attached hydrogens (tertiary/aromatic N) is 1. The number of aromatic amines is 1. The first kappa shape index (κ1) is 13.3. The number of benzene rings is 1. The Balaban J connectivity index is 2.01. The summed E-state index contributed by atoms with van der Waals surface area (Å²) in [6.07, 6.45) is -1.34. The van der Waals surface area contributed by atoms with Gasteiger partial charge in [0.15, 0.2) is 0 Å². The standard InChI is InChI=1S/C14H10F3N3O/c15-14(16,17)10-7-8(1-2-11(10)18)21-12-4-6-20-13-9(12)3-5-19-13/h1-7H,18H2,(H,19,20). The molecule has 108 valence electrons. The molecule has 0 bridgehead atoms. The van der Waals surface area contributed by atoms with Gasteiger partial charge in [0, 0.05) is 18.1 Å². The number of rotatable bonds is 2. The second-order valence-electron chi connectivity index (χ2n) is 4.40. The number of hydrogen-bond donors (Lipinski definition) is 2. The van der Waals surface area contributed by atoms with Gasteiger partial charge < -0.3 is 15.5 Å². The molecular weight excluding hydrogens is 283 g/mol. The van der Waals surface area contributed by atoms with Gasteiger partial charge in [-0.1, -0.05) is 0 Å². The highest BCUT2D eigenvalue weighted by atomic mass is 19.4. The highest BCUT2D eigenvalue weighted by molar-refractivity contribution is 5.82. The van der Waals surface area contributed by atoms with E-state index in [-0.39, 0.29) is 11.4 Å². The van der Waals surface area contributed by atoms with Crippen LogP contribution in [0.1, 0.15) is 5.56 Å². The highest BCUT2D eigenvalue weighted by Crippen LogP contribution is 2.37. The lowest BCUT2D eigenvalue weighted by molar-refractivity contribution is -0.137. The summed E-state index contributed by atoms with van der Waals surface area (Å²) in [5, 5.41) is 0.683. The minimum absolute atomic E-state index is 0.0604. The third kappa shape index (κ3) is 2.49. The SMILES string of the molecule is Nc1ccc(Oc2ccnc3[nH]ccc23)cc1C(F)(F)F. The summed E-state index contributed by atoms with van der Waals surface area (Å²) >= 11 is 0. The summed E-state index contributed by atoms with van der Waals surface area (Å²) in [5.41, 5.74) is 4.69. The van der Waals surface area contributed by atoms with Gasteiger partial charge in [-0.3, -0.25) is 0 Å². The molecule has 0 saturated heterocycles. The van der Waals surface area contributed by atoms with Gasteiger partial charge in [0.2, 0.25) is 0 Å². The lowest BCUT2D eigenvalue weighted by atomic mass is 10.1. The number of nitrogens with one attached hydrogen (secondary N) is 1. The number of pyridine rings is 1. The van der Waals surface area contributed by atoms with Crippen molar-refractivity contribution in [3.05, 3.63) is 48.3 Å². The molecule has 0 aliphatic rings. The number of ether oxygens (including phenoxy) is 1. The number of nitrogens with two attached hydrogens (primary N) is 1. The zero-order valence-corrected chi connectivity index (χ0v) is 10.6. The van der Waals surface area contributed by atoms with Crippen molar-refractivity contribution < 1.29 is 17.9 Å². The van der Waals surface area contributed by atoms with Crippen LogP contribution in [0, 0.1) is 0 Å². The maximum Gasteiger partial charge on any atom is 0.418 e. The molecule has 4 nitrogen and oxygen atoms in total. The van der Waals surface area contributed by atoms with E-state index in [4.69, 9.17) is 10.5 Å². The molecule has 0 fully saturated rings. The number of halogens is 3. The van der Waals surface area contributed by atoms with E-state index in [1.54, 1.807) is 18.3 Å². The molecule has 7 heteroatoms. The fourth-order valence-corrected chi connectivity index (χ4v) is 2.00. The van der Waals surface area contributed by atoms with Crippen LogP contribution in [0.15, 0.2) is 42.7 Å². The predicted octanol–water partition coefficient (Wildman–Crippen LogP) is 3.96. The molecule has 21 heavy (non-hydrogen) atoms. The summed E-state index contributed by atoms with van der Waals surface area (Å²) in [5.74, 6) is 0.476. The van der Waals surface area contributed by atoms with Crippen LogP contribution in [0.4, 0.5) is 18.9 Å². The first-order chi connectivity index (χ1) is 9.95. The van der Waals surface area contributed by atoms with Crippen LogP contribution in [0.3, 0.4) is 0 Å². The average Bonchev–Trinajstić information content (AvgIpc) is 2.89. The largest absolute Gasteiger partial charge is 0.457 e. The topological polar surface area (TPSA) is 63.9 Å². The Morgan fingerprint density at radius 1 is 1.14 bits per heavy atom. The molecule has 0 atom stereocenters. The molecule has 0 saturated carbocycles. The second kappa shape index (κ2) is 4.69. The predicted molar refractivity (Wildman–Crippen MR) is 72.0 cm³/mol. The van der Waals surface area contributed by atoms with Crippen LogP contribution in [-0.4, -0.2) is 9.97 Å². The smallest absolute Gasteiger partial charge is 0.418 e. The molecule has 0 spiro atoms. The molecular formula is C14H10F3N3O.